The molecule has 1 aliphatic heterocycles. The Labute approximate surface area is 225 Å². The van der Waals surface area contributed by atoms with Crippen LogP contribution in [0.1, 0.15) is 18.7 Å². The fraction of sp³-hybridized carbons (Fsp3) is 0.214. The first kappa shape index (κ1) is 25.6. The molecule has 1 amide bonds. The average molecular weight is 529 g/mol. The molecule has 0 spiro atoms. The van der Waals surface area contributed by atoms with Crippen molar-refractivity contribution in [3.8, 4) is 34.4 Å². The molecule has 11 nitrogen and oxygen atoms in total. The van der Waals surface area contributed by atoms with Crippen LogP contribution in [0.5, 0.6) is 23.0 Å². The Bertz CT molecular complexity index is 1520. The van der Waals surface area contributed by atoms with E-state index in [-0.39, 0.29) is 5.91 Å². The molecule has 1 aliphatic rings. The molecule has 2 aromatic heterocycles. The van der Waals surface area contributed by atoms with E-state index in [0.717, 1.165) is 0 Å². The molecular weight excluding hydrogens is 500 g/mol. The predicted molar refractivity (Wildman–Crippen MR) is 145 cm³/mol. The third-order valence-corrected chi connectivity index (χ3v) is 6.34. The van der Waals surface area contributed by atoms with Crippen molar-refractivity contribution in [3.05, 3.63) is 77.8 Å². The number of benzene rings is 2. The van der Waals surface area contributed by atoms with Crippen molar-refractivity contribution in [3.63, 3.8) is 0 Å². The highest BCUT2D eigenvalue weighted by Gasteiger charge is 2.35. The average Bonchev–Trinajstić information content (AvgIpc) is 3.39. The second-order valence-electron chi connectivity index (χ2n) is 8.59. The molecule has 1 atom stereocenters. The SMILES string of the molecule is COc1ccccc1NC(=O)C1=C(C)Nc2nc(-c3cc(OC)c(OC)c(OC)c3)nn2C1c1ccccn1. The number of anilines is 2. The number of carbonyl (C=O) groups excluding carboxylic acids is 1. The lowest BCUT2D eigenvalue weighted by atomic mass is 9.98. The van der Waals surface area contributed by atoms with Gasteiger partial charge in [-0.3, -0.25) is 9.78 Å². The van der Waals surface area contributed by atoms with Crippen molar-refractivity contribution in [2.24, 2.45) is 0 Å². The van der Waals surface area contributed by atoms with Gasteiger partial charge in [0.15, 0.2) is 17.3 Å². The number of carbonyl (C=O) groups is 1. The summed E-state index contributed by atoms with van der Waals surface area (Å²) < 4.78 is 23.5. The molecule has 0 saturated heterocycles. The van der Waals surface area contributed by atoms with Gasteiger partial charge in [0.1, 0.15) is 11.8 Å². The molecule has 5 rings (SSSR count). The van der Waals surface area contributed by atoms with Crippen LogP contribution < -0.4 is 29.6 Å². The van der Waals surface area contributed by atoms with Gasteiger partial charge in [-0.25, -0.2) is 4.68 Å². The maximum Gasteiger partial charge on any atom is 0.256 e. The maximum absolute atomic E-state index is 13.8. The Kier molecular flexibility index (Phi) is 7.04. The molecule has 0 bridgehead atoms. The summed E-state index contributed by atoms with van der Waals surface area (Å²) in [7, 11) is 6.19. The zero-order valence-electron chi connectivity index (χ0n) is 22.2. The topological polar surface area (TPSA) is 122 Å². The van der Waals surface area contributed by atoms with Gasteiger partial charge in [-0.15, -0.1) is 5.10 Å². The van der Waals surface area contributed by atoms with E-state index in [0.29, 0.717) is 63.0 Å². The number of amides is 1. The van der Waals surface area contributed by atoms with Crippen LogP contribution in [0, 0.1) is 0 Å². The van der Waals surface area contributed by atoms with E-state index in [1.807, 2.05) is 37.3 Å². The number of allylic oxidation sites excluding steroid dienone is 1. The molecule has 11 heteroatoms. The van der Waals surface area contributed by atoms with Gasteiger partial charge in [-0.05, 0) is 43.3 Å². The second kappa shape index (κ2) is 10.7. The first-order valence-corrected chi connectivity index (χ1v) is 12.1. The Morgan fingerprint density at radius 1 is 0.923 bits per heavy atom. The number of hydrogen-bond donors (Lipinski definition) is 2. The summed E-state index contributed by atoms with van der Waals surface area (Å²) in [5.41, 5.74) is 2.88. The van der Waals surface area contributed by atoms with Crippen LogP contribution in [0.2, 0.25) is 0 Å². The van der Waals surface area contributed by atoms with Crippen LogP contribution in [0.15, 0.2) is 72.1 Å². The first-order chi connectivity index (χ1) is 19.0. The van der Waals surface area contributed by atoms with Gasteiger partial charge in [0.25, 0.3) is 5.91 Å². The lowest BCUT2D eigenvalue weighted by Crippen LogP contribution is -2.32. The minimum Gasteiger partial charge on any atom is -0.495 e. The van der Waals surface area contributed by atoms with Gasteiger partial charge in [-0.2, -0.15) is 4.98 Å². The van der Waals surface area contributed by atoms with Crippen molar-refractivity contribution < 1.29 is 23.7 Å². The summed E-state index contributed by atoms with van der Waals surface area (Å²) in [6, 6.07) is 15.7. The van der Waals surface area contributed by atoms with E-state index in [9.17, 15) is 4.79 Å². The number of methoxy groups -OCH3 is 4. The molecule has 0 fully saturated rings. The third kappa shape index (κ3) is 4.70. The summed E-state index contributed by atoms with van der Waals surface area (Å²) in [6.45, 7) is 1.82. The minimum absolute atomic E-state index is 0.323. The molecule has 0 radical (unpaired) electrons. The lowest BCUT2D eigenvalue weighted by molar-refractivity contribution is -0.113. The van der Waals surface area contributed by atoms with Gasteiger partial charge < -0.3 is 29.6 Å². The fourth-order valence-corrected chi connectivity index (χ4v) is 4.53. The zero-order chi connectivity index (χ0) is 27.5. The number of para-hydroxylation sites is 2. The fourth-order valence-electron chi connectivity index (χ4n) is 4.53. The summed E-state index contributed by atoms with van der Waals surface area (Å²) in [5.74, 6) is 2.49. The number of aromatic nitrogens is 4. The largest absolute Gasteiger partial charge is 0.495 e. The number of ether oxygens (including phenoxy) is 4. The van der Waals surface area contributed by atoms with Crippen LogP contribution in [0.3, 0.4) is 0 Å². The summed E-state index contributed by atoms with van der Waals surface area (Å²) >= 11 is 0. The molecular formula is C28H28N6O5. The standard InChI is InChI=1S/C28H28N6O5/c1-16-23(27(35)31-18-10-6-7-12-20(18)36-2)24(19-11-8-9-13-29-19)34-28(30-16)32-26(33-34)17-14-21(37-3)25(39-5)22(15-17)38-4/h6-15,24H,1-5H3,(H,31,35)(H,30,32,33). The van der Waals surface area contributed by atoms with E-state index in [1.54, 1.807) is 63.6 Å². The van der Waals surface area contributed by atoms with Crippen molar-refractivity contribution in [1.29, 1.82) is 0 Å². The number of fused-ring (bicyclic) bond motifs is 1. The number of rotatable bonds is 8. The molecule has 200 valence electrons. The third-order valence-electron chi connectivity index (χ3n) is 6.34. The smallest absolute Gasteiger partial charge is 0.256 e. The molecule has 0 saturated carbocycles. The van der Waals surface area contributed by atoms with Crippen molar-refractivity contribution in [2.75, 3.05) is 39.1 Å². The number of hydrogen-bond acceptors (Lipinski definition) is 9. The highest BCUT2D eigenvalue weighted by Crippen LogP contribution is 2.42. The predicted octanol–water partition coefficient (Wildman–Crippen LogP) is 4.30. The van der Waals surface area contributed by atoms with Gasteiger partial charge in [0.05, 0.1) is 45.4 Å². The first-order valence-electron chi connectivity index (χ1n) is 12.1. The van der Waals surface area contributed by atoms with Gasteiger partial charge in [-0.1, -0.05) is 18.2 Å². The molecule has 2 aromatic carbocycles. The van der Waals surface area contributed by atoms with Crippen molar-refractivity contribution >= 4 is 17.5 Å². The monoisotopic (exact) mass is 528 g/mol. The van der Waals surface area contributed by atoms with E-state index >= 15 is 0 Å². The Hall–Kier alpha value is -5.06. The highest BCUT2D eigenvalue weighted by atomic mass is 16.5. The second-order valence-corrected chi connectivity index (χ2v) is 8.59. The number of nitrogens with zero attached hydrogens (tertiary/aromatic N) is 4. The quantitative estimate of drug-likeness (QED) is 0.345. The number of pyridine rings is 1. The van der Waals surface area contributed by atoms with E-state index in [2.05, 4.69) is 15.6 Å². The molecule has 3 heterocycles. The minimum atomic E-state index is -0.652. The van der Waals surface area contributed by atoms with Crippen LogP contribution in [0.4, 0.5) is 11.6 Å². The molecule has 0 aliphatic carbocycles. The highest BCUT2D eigenvalue weighted by molar-refractivity contribution is 6.06. The van der Waals surface area contributed by atoms with E-state index in [4.69, 9.17) is 29.0 Å². The zero-order valence-corrected chi connectivity index (χ0v) is 22.2. The Balaban J connectivity index is 1.60. The van der Waals surface area contributed by atoms with Crippen LogP contribution in [-0.2, 0) is 4.79 Å². The van der Waals surface area contributed by atoms with Gasteiger partial charge >= 0.3 is 0 Å². The van der Waals surface area contributed by atoms with E-state index in [1.165, 1.54) is 0 Å². The lowest BCUT2D eigenvalue weighted by Gasteiger charge is -2.28. The summed E-state index contributed by atoms with van der Waals surface area (Å²) in [4.78, 5) is 23.0. The van der Waals surface area contributed by atoms with Crippen molar-refractivity contribution in [2.45, 2.75) is 13.0 Å². The van der Waals surface area contributed by atoms with Gasteiger partial charge in [0.2, 0.25) is 11.7 Å². The van der Waals surface area contributed by atoms with Gasteiger partial charge in [0, 0.05) is 17.5 Å². The molecule has 39 heavy (non-hydrogen) atoms. The van der Waals surface area contributed by atoms with Crippen LogP contribution in [0.25, 0.3) is 11.4 Å². The molecule has 4 aromatic rings. The Morgan fingerprint density at radius 3 is 2.26 bits per heavy atom. The van der Waals surface area contributed by atoms with Crippen molar-refractivity contribution in [1.82, 2.24) is 19.7 Å². The summed E-state index contributed by atoms with van der Waals surface area (Å²) in [6.07, 6.45) is 1.68. The number of nitrogens with one attached hydrogen (secondary N) is 2. The van der Waals surface area contributed by atoms with Crippen LogP contribution in [-0.4, -0.2) is 54.1 Å². The van der Waals surface area contributed by atoms with Crippen LogP contribution >= 0.6 is 0 Å². The van der Waals surface area contributed by atoms with E-state index < -0.39 is 6.04 Å². The maximum atomic E-state index is 13.8. The normalized spacial score (nSPS) is 14.2. The molecule has 1 unspecified atom stereocenters. The summed E-state index contributed by atoms with van der Waals surface area (Å²) in [5, 5.41) is 11.0. The molecule has 2 N–H and O–H groups in total. The Morgan fingerprint density at radius 2 is 1.62 bits per heavy atom.